The third-order valence-corrected chi connectivity index (χ3v) is 3.23. The van der Waals surface area contributed by atoms with Gasteiger partial charge in [0.15, 0.2) is 5.82 Å². The van der Waals surface area contributed by atoms with E-state index in [0.717, 1.165) is 0 Å². The molecular weight excluding hydrogens is 296 g/mol. The van der Waals surface area contributed by atoms with Gasteiger partial charge in [-0.25, -0.2) is 15.0 Å². The summed E-state index contributed by atoms with van der Waals surface area (Å²) in [7, 11) is 0. The highest BCUT2D eigenvalue weighted by Gasteiger charge is 2.12. The lowest BCUT2D eigenvalue weighted by atomic mass is 10.2. The highest BCUT2D eigenvalue weighted by atomic mass is 16.3. The van der Waals surface area contributed by atoms with E-state index >= 15 is 0 Å². The SMILES string of the molecule is Nc1nc(-c2cncnc2)cc(-n2nnc3cc(O)ccc32)n1. The van der Waals surface area contributed by atoms with E-state index in [1.807, 2.05) is 0 Å². The first kappa shape index (κ1) is 13.1. The van der Waals surface area contributed by atoms with Crippen LogP contribution in [0.5, 0.6) is 5.75 Å². The molecule has 0 aliphatic carbocycles. The molecule has 9 heteroatoms. The topological polar surface area (TPSA) is 129 Å². The molecule has 0 radical (unpaired) electrons. The molecule has 0 fully saturated rings. The molecule has 3 heterocycles. The Morgan fingerprint density at radius 3 is 2.70 bits per heavy atom. The number of anilines is 1. The molecule has 0 aliphatic heterocycles. The third-order valence-electron chi connectivity index (χ3n) is 3.23. The Kier molecular flexibility index (Phi) is 2.83. The summed E-state index contributed by atoms with van der Waals surface area (Å²) in [6.45, 7) is 0. The fraction of sp³-hybridized carbons (Fsp3) is 0. The van der Waals surface area contributed by atoms with Crippen molar-refractivity contribution in [3.05, 3.63) is 43.0 Å². The highest BCUT2D eigenvalue weighted by Crippen LogP contribution is 2.22. The molecule has 0 saturated carbocycles. The molecule has 1 aromatic carbocycles. The second-order valence-corrected chi connectivity index (χ2v) is 4.77. The Morgan fingerprint density at radius 2 is 1.87 bits per heavy atom. The van der Waals surface area contributed by atoms with Gasteiger partial charge in [0.2, 0.25) is 5.95 Å². The Hall–Kier alpha value is -3.62. The maximum atomic E-state index is 9.51. The number of phenols is 1. The molecule has 0 aliphatic rings. The van der Waals surface area contributed by atoms with Gasteiger partial charge in [-0.3, -0.25) is 0 Å². The van der Waals surface area contributed by atoms with Crippen LogP contribution in [0.25, 0.3) is 28.1 Å². The van der Waals surface area contributed by atoms with Gasteiger partial charge in [0.25, 0.3) is 0 Å². The van der Waals surface area contributed by atoms with E-state index in [1.165, 1.54) is 17.1 Å². The van der Waals surface area contributed by atoms with Crippen LogP contribution in [-0.4, -0.2) is 40.0 Å². The minimum atomic E-state index is 0.101. The molecule has 23 heavy (non-hydrogen) atoms. The third kappa shape index (κ3) is 2.29. The average molecular weight is 306 g/mol. The number of hydrogen-bond acceptors (Lipinski definition) is 8. The van der Waals surface area contributed by atoms with Crippen molar-refractivity contribution in [1.29, 1.82) is 0 Å². The summed E-state index contributed by atoms with van der Waals surface area (Å²) in [5.41, 5.74) is 8.34. The normalized spacial score (nSPS) is 11.0. The van der Waals surface area contributed by atoms with Crippen molar-refractivity contribution in [1.82, 2.24) is 34.9 Å². The lowest BCUT2D eigenvalue weighted by Crippen LogP contribution is -2.05. The van der Waals surface area contributed by atoms with Crippen molar-refractivity contribution in [3.8, 4) is 22.8 Å². The van der Waals surface area contributed by atoms with Gasteiger partial charge in [-0.05, 0) is 12.1 Å². The fourth-order valence-corrected chi connectivity index (χ4v) is 2.22. The zero-order chi connectivity index (χ0) is 15.8. The second-order valence-electron chi connectivity index (χ2n) is 4.77. The molecule has 0 atom stereocenters. The monoisotopic (exact) mass is 306 g/mol. The van der Waals surface area contributed by atoms with Gasteiger partial charge in [-0.1, -0.05) is 5.21 Å². The predicted molar refractivity (Wildman–Crippen MR) is 81.6 cm³/mol. The van der Waals surface area contributed by atoms with E-state index in [0.29, 0.717) is 28.1 Å². The quantitative estimate of drug-likeness (QED) is 0.560. The number of rotatable bonds is 2. The Balaban J connectivity index is 1.90. The van der Waals surface area contributed by atoms with Crippen molar-refractivity contribution in [2.75, 3.05) is 5.73 Å². The number of aromatic hydroxyl groups is 1. The van der Waals surface area contributed by atoms with Crippen molar-refractivity contribution in [2.45, 2.75) is 0 Å². The van der Waals surface area contributed by atoms with Crippen molar-refractivity contribution in [2.24, 2.45) is 0 Å². The van der Waals surface area contributed by atoms with Gasteiger partial charge >= 0.3 is 0 Å². The van der Waals surface area contributed by atoms with Crippen LogP contribution in [0.2, 0.25) is 0 Å². The van der Waals surface area contributed by atoms with E-state index in [9.17, 15) is 5.11 Å². The van der Waals surface area contributed by atoms with E-state index in [-0.39, 0.29) is 11.7 Å². The van der Waals surface area contributed by atoms with Crippen LogP contribution in [0, 0.1) is 0 Å². The summed E-state index contributed by atoms with van der Waals surface area (Å²) in [6, 6.07) is 6.50. The second kappa shape index (κ2) is 4.98. The number of nitrogen functional groups attached to an aromatic ring is 1. The van der Waals surface area contributed by atoms with Crippen LogP contribution in [0.1, 0.15) is 0 Å². The summed E-state index contributed by atoms with van der Waals surface area (Å²) in [6.07, 6.45) is 4.71. The fourth-order valence-electron chi connectivity index (χ4n) is 2.22. The molecule has 112 valence electrons. The average Bonchev–Trinajstić information content (AvgIpc) is 2.98. The van der Waals surface area contributed by atoms with Crippen LogP contribution in [0.4, 0.5) is 5.95 Å². The summed E-state index contributed by atoms with van der Waals surface area (Å²) in [5, 5.41) is 17.6. The smallest absolute Gasteiger partial charge is 0.222 e. The van der Waals surface area contributed by atoms with Crippen molar-refractivity contribution >= 4 is 17.0 Å². The summed E-state index contributed by atoms with van der Waals surface area (Å²) < 4.78 is 1.53. The zero-order valence-corrected chi connectivity index (χ0v) is 11.7. The van der Waals surface area contributed by atoms with Gasteiger partial charge in [0, 0.05) is 30.1 Å². The minimum absolute atomic E-state index is 0.101. The Labute approximate surface area is 129 Å². The molecule has 0 amide bonds. The summed E-state index contributed by atoms with van der Waals surface area (Å²) in [4.78, 5) is 16.3. The molecule has 4 rings (SSSR count). The van der Waals surface area contributed by atoms with E-state index in [4.69, 9.17) is 5.73 Å². The Morgan fingerprint density at radius 1 is 1.04 bits per heavy atom. The van der Waals surface area contributed by atoms with Gasteiger partial charge in [-0.2, -0.15) is 9.67 Å². The van der Waals surface area contributed by atoms with E-state index in [1.54, 1.807) is 30.6 Å². The molecule has 0 spiro atoms. The summed E-state index contributed by atoms with van der Waals surface area (Å²) >= 11 is 0. The lowest BCUT2D eigenvalue weighted by molar-refractivity contribution is 0.476. The number of fused-ring (bicyclic) bond motifs is 1. The zero-order valence-electron chi connectivity index (χ0n) is 11.7. The van der Waals surface area contributed by atoms with Gasteiger partial charge in [-0.15, -0.1) is 5.10 Å². The molecule has 0 unspecified atom stereocenters. The maximum Gasteiger partial charge on any atom is 0.222 e. The molecule has 0 saturated heterocycles. The number of nitrogens with two attached hydrogens (primary N) is 1. The highest BCUT2D eigenvalue weighted by molar-refractivity contribution is 5.77. The van der Waals surface area contributed by atoms with E-state index < -0.39 is 0 Å². The van der Waals surface area contributed by atoms with Gasteiger partial charge in [0.05, 0.1) is 11.2 Å². The number of benzene rings is 1. The number of hydrogen-bond donors (Lipinski definition) is 2. The largest absolute Gasteiger partial charge is 0.508 e. The first-order valence-corrected chi connectivity index (χ1v) is 6.65. The molecule has 0 bridgehead atoms. The van der Waals surface area contributed by atoms with Crippen molar-refractivity contribution in [3.63, 3.8) is 0 Å². The number of aromatic nitrogens is 7. The minimum Gasteiger partial charge on any atom is -0.508 e. The van der Waals surface area contributed by atoms with E-state index in [2.05, 4.69) is 30.2 Å². The standard InChI is InChI=1S/C14H10N8O/c15-14-18-10(8-5-16-7-17-6-8)4-13(19-14)22-12-2-1-9(23)3-11(12)20-21-22/h1-7,23H,(H2,15,18,19). The maximum absolute atomic E-state index is 9.51. The van der Waals surface area contributed by atoms with Crippen LogP contribution in [-0.2, 0) is 0 Å². The van der Waals surface area contributed by atoms with Crippen molar-refractivity contribution < 1.29 is 5.11 Å². The molecule has 3 N–H and O–H groups in total. The van der Waals surface area contributed by atoms with Crippen LogP contribution < -0.4 is 5.73 Å². The molecule has 4 aromatic rings. The Bertz CT molecular complexity index is 998. The van der Waals surface area contributed by atoms with Crippen LogP contribution in [0.3, 0.4) is 0 Å². The van der Waals surface area contributed by atoms with Gasteiger partial charge < -0.3 is 10.8 Å². The first-order valence-electron chi connectivity index (χ1n) is 6.65. The lowest BCUT2D eigenvalue weighted by Gasteiger charge is -2.06. The summed E-state index contributed by atoms with van der Waals surface area (Å²) in [5.74, 6) is 0.683. The van der Waals surface area contributed by atoms with Crippen LogP contribution >= 0.6 is 0 Å². The molecule has 3 aromatic heterocycles. The van der Waals surface area contributed by atoms with Crippen LogP contribution in [0.15, 0.2) is 43.0 Å². The number of nitrogens with zero attached hydrogens (tertiary/aromatic N) is 7. The molecule has 9 nitrogen and oxygen atoms in total. The predicted octanol–water partition coefficient (Wildman–Crippen LogP) is 0.955. The first-order chi connectivity index (χ1) is 11.2. The number of phenolic OH excluding ortho intramolecular Hbond substituents is 1. The van der Waals surface area contributed by atoms with Gasteiger partial charge in [0.1, 0.15) is 17.6 Å². The molecular formula is C14H10N8O.